The number of nitrogens with zero attached hydrogens (tertiary/aromatic N) is 1. The molecule has 0 radical (unpaired) electrons. The molecule has 0 fully saturated rings. The van der Waals surface area contributed by atoms with Gasteiger partial charge in [0.1, 0.15) is 5.75 Å². The summed E-state index contributed by atoms with van der Waals surface area (Å²) in [7, 11) is 0. The molecule has 0 aliphatic carbocycles. The molecule has 2 aromatic rings. The van der Waals surface area contributed by atoms with Crippen molar-refractivity contribution in [2.75, 3.05) is 6.54 Å². The lowest BCUT2D eigenvalue weighted by Crippen LogP contribution is -2.19. The van der Waals surface area contributed by atoms with Crippen LogP contribution < -0.4 is 10.1 Å². The molecule has 1 N–H and O–H groups in total. The Morgan fingerprint density at radius 1 is 1.10 bits per heavy atom. The average molecular weight is 284 g/mol. The van der Waals surface area contributed by atoms with Crippen LogP contribution in [0.5, 0.6) is 11.6 Å². The Morgan fingerprint density at radius 2 is 1.86 bits per heavy atom. The second-order valence-electron chi connectivity index (χ2n) is 5.21. The second kappa shape index (κ2) is 7.79. The Balaban J connectivity index is 1.98. The van der Waals surface area contributed by atoms with Crippen LogP contribution in [0, 0.1) is 0 Å². The van der Waals surface area contributed by atoms with Crippen molar-refractivity contribution in [2.24, 2.45) is 0 Å². The van der Waals surface area contributed by atoms with E-state index >= 15 is 0 Å². The van der Waals surface area contributed by atoms with E-state index in [1.54, 1.807) is 0 Å². The molecule has 3 heteroatoms. The normalized spacial score (nSPS) is 12.1. The third-order valence-electron chi connectivity index (χ3n) is 3.51. The third-order valence-corrected chi connectivity index (χ3v) is 3.51. The summed E-state index contributed by atoms with van der Waals surface area (Å²) in [5.41, 5.74) is 2.48. The summed E-state index contributed by atoms with van der Waals surface area (Å²) in [5, 5.41) is 3.45. The maximum Gasteiger partial charge on any atom is 0.219 e. The molecule has 1 atom stereocenters. The number of aromatic nitrogens is 1. The molecule has 0 spiro atoms. The molecule has 1 unspecified atom stereocenters. The van der Waals surface area contributed by atoms with Gasteiger partial charge in [-0.15, -0.1) is 0 Å². The predicted octanol–water partition coefficient (Wildman–Crippen LogP) is 4.50. The molecule has 1 aromatic heterocycles. The van der Waals surface area contributed by atoms with Crippen LogP contribution in [-0.4, -0.2) is 11.5 Å². The highest BCUT2D eigenvalue weighted by molar-refractivity contribution is 5.31. The van der Waals surface area contributed by atoms with Crippen molar-refractivity contribution in [3.63, 3.8) is 0 Å². The van der Waals surface area contributed by atoms with E-state index in [1.165, 1.54) is 11.1 Å². The second-order valence-corrected chi connectivity index (χ2v) is 5.21. The smallest absolute Gasteiger partial charge is 0.219 e. The number of pyridine rings is 1. The fourth-order valence-electron chi connectivity index (χ4n) is 2.10. The highest BCUT2D eigenvalue weighted by atomic mass is 16.5. The molecule has 0 aliphatic rings. The van der Waals surface area contributed by atoms with E-state index in [0.717, 1.165) is 25.1 Å². The number of nitrogens with one attached hydrogen (secondary N) is 1. The monoisotopic (exact) mass is 284 g/mol. The Labute approximate surface area is 127 Å². The molecule has 0 bridgehead atoms. The summed E-state index contributed by atoms with van der Waals surface area (Å²) in [4.78, 5) is 4.38. The highest BCUT2D eigenvalue weighted by Gasteiger charge is 2.05. The highest BCUT2D eigenvalue weighted by Crippen LogP contribution is 2.21. The van der Waals surface area contributed by atoms with Gasteiger partial charge in [0.05, 0.1) is 0 Å². The lowest BCUT2D eigenvalue weighted by Gasteiger charge is -2.13. The molecular weight excluding hydrogens is 260 g/mol. The van der Waals surface area contributed by atoms with Gasteiger partial charge in [0.2, 0.25) is 5.88 Å². The van der Waals surface area contributed by atoms with Crippen LogP contribution in [0.1, 0.15) is 44.4 Å². The summed E-state index contributed by atoms with van der Waals surface area (Å²) < 4.78 is 5.76. The minimum Gasteiger partial charge on any atom is -0.439 e. The van der Waals surface area contributed by atoms with Gasteiger partial charge in [-0.1, -0.05) is 32.0 Å². The van der Waals surface area contributed by atoms with E-state index in [2.05, 4.69) is 49.3 Å². The van der Waals surface area contributed by atoms with Crippen molar-refractivity contribution in [2.45, 2.75) is 39.7 Å². The number of benzene rings is 1. The molecule has 112 valence electrons. The zero-order valence-corrected chi connectivity index (χ0v) is 13.1. The van der Waals surface area contributed by atoms with Crippen LogP contribution >= 0.6 is 0 Å². The Kier molecular flexibility index (Phi) is 5.76. The maximum atomic E-state index is 5.76. The van der Waals surface area contributed by atoms with Crippen molar-refractivity contribution >= 4 is 0 Å². The number of ether oxygens (including phenoxy) is 1. The molecule has 0 saturated heterocycles. The number of hydrogen-bond donors (Lipinski definition) is 1. The van der Waals surface area contributed by atoms with Crippen LogP contribution in [-0.2, 0) is 6.42 Å². The van der Waals surface area contributed by atoms with Gasteiger partial charge < -0.3 is 10.1 Å². The largest absolute Gasteiger partial charge is 0.439 e. The molecule has 0 aliphatic heterocycles. The van der Waals surface area contributed by atoms with Gasteiger partial charge in [0, 0.05) is 18.3 Å². The van der Waals surface area contributed by atoms with Crippen LogP contribution in [0.4, 0.5) is 0 Å². The standard InChI is InChI=1S/C18H24N2O/c1-4-12-19-14(3)16-8-11-18(20-13-16)21-17-9-6-15(5-2)7-10-17/h6-11,13-14,19H,4-5,12H2,1-3H3. The van der Waals surface area contributed by atoms with Crippen molar-refractivity contribution in [1.29, 1.82) is 0 Å². The minimum atomic E-state index is 0.315. The van der Waals surface area contributed by atoms with Crippen LogP contribution in [0.25, 0.3) is 0 Å². The maximum absolute atomic E-state index is 5.76. The van der Waals surface area contributed by atoms with Gasteiger partial charge in [-0.3, -0.25) is 0 Å². The van der Waals surface area contributed by atoms with Gasteiger partial charge in [0.25, 0.3) is 0 Å². The number of hydrogen-bond acceptors (Lipinski definition) is 3. The zero-order valence-electron chi connectivity index (χ0n) is 13.1. The summed E-state index contributed by atoms with van der Waals surface area (Å²) in [6.07, 6.45) is 4.05. The number of rotatable bonds is 7. The molecule has 0 saturated carbocycles. The van der Waals surface area contributed by atoms with E-state index in [1.807, 2.05) is 24.4 Å². The van der Waals surface area contributed by atoms with Crippen molar-refractivity contribution in [3.8, 4) is 11.6 Å². The molecular formula is C18H24N2O. The molecule has 1 aromatic carbocycles. The zero-order chi connectivity index (χ0) is 15.1. The molecule has 3 nitrogen and oxygen atoms in total. The number of aryl methyl sites for hydroxylation is 1. The van der Waals surface area contributed by atoms with Crippen molar-refractivity contribution < 1.29 is 4.74 Å². The van der Waals surface area contributed by atoms with E-state index in [4.69, 9.17) is 4.74 Å². The van der Waals surface area contributed by atoms with Crippen LogP contribution in [0.15, 0.2) is 42.6 Å². The summed E-state index contributed by atoms with van der Waals surface area (Å²) in [6.45, 7) is 7.47. The van der Waals surface area contributed by atoms with E-state index in [0.29, 0.717) is 11.9 Å². The molecule has 2 rings (SSSR count). The summed E-state index contributed by atoms with van der Waals surface area (Å²) in [5.74, 6) is 1.45. The first-order chi connectivity index (χ1) is 10.2. The van der Waals surface area contributed by atoms with E-state index in [-0.39, 0.29) is 0 Å². The van der Waals surface area contributed by atoms with E-state index < -0.39 is 0 Å². The van der Waals surface area contributed by atoms with Crippen molar-refractivity contribution in [1.82, 2.24) is 10.3 Å². The first kappa shape index (κ1) is 15.5. The average Bonchev–Trinajstić information content (AvgIpc) is 2.54. The van der Waals surface area contributed by atoms with Crippen molar-refractivity contribution in [3.05, 3.63) is 53.7 Å². The topological polar surface area (TPSA) is 34.1 Å². The first-order valence-corrected chi connectivity index (χ1v) is 7.69. The fraction of sp³-hybridized carbons (Fsp3) is 0.389. The lowest BCUT2D eigenvalue weighted by atomic mass is 10.1. The van der Waals surface area contributed by atoms with Gasteiger partial charge >= 0.3 is 0 Å². The summed E-state index contributed by atoms with van der Waals surface area (Å²) >= 11 is 0. The fourth-order valence-corrected chi connectivity index (χ4v) is 2.10. The van der Waals surface area contributed by atoms with Crippen LogP contribution in [0.2, 0.25) is 0 Å². The minimum absolute atomic E-state index is 0.315. The Morgan fingerprint density at radius 3 is 2.43 bits per heavy atom. The van der Waals surface area contributed by atoms with Gasteiger partial charge in [-0.25, -0.2) is 4.98 Å². The van der Waals surface area contributed by atoms with Crippen LogP contribution in [0.3, 0.4) is 0 Å². The Hall–Kier alpha value is -1.87. The first-order valence-electron chi connectivity index (χ1n) is 7.69. The molecule has 1 heterocycles. The van der Waals surface area contributed by atoms with Gasteiger partial charge in [-0.2, -0.15) is 0 Å². The SMILES string of the molecule is CCCNC(C)c1ccc(Oc2ccc(CC)cc2)nc1. The predicted molar refractivity (Wildman–Crippen MR) is 86.8 cm³/mol. The van der Waals surface area contributed by atoms with Gasteiger partial charge in [0.15, 0.2) is 0 Å². The van der Waals surface area contributed by atoms with Gasteiger partial charge in [-0.05, 0) is 49.6 Å². The lowest BCUT2D eigenvalue weighted by molar-refractivity contribution is 0.461. The quantitative estimate of drug-likeness (QED) is 0.813. The summed E-state index contributed by atoms with van der Waals surface area (Å²) in [6, 6.07) is 12.4. The third kappa shape index (κ3) is 4.57. The van der Waals surface area contributed by atoms with E-state index in [9.17, 15) is 0 Å². The molecule has 21 heavy (non-hydrogen) atoms. The molecule has 0 amide bonds. The Bertz CT molecular complexity index is 534.